The third kappa shape index (κ3) is 5.35. The standard InChI is InChI=1S/C12H16N2O5S/c1-8-4-3-5-9(13-8)11(15)14-10(12(16)17)6-7-20(2,18)19/h3-5,10H,6-7H2,1-2H3,(H,14,15)(H,16,17). The van der Waals surface area contributed by atoms with E-state index in [4.69, 9.17) is 5.11 Å². The Bertz CT molecular complexity index is 612. The van der Waals surface area contributed by atoms with Crippen molar-refractivity contribution in [3.63, 3.8) is 0 Å². The van der Waals surface area contributed by atoms with Crippen LogP contribution in [0.25, 0.3) is 0 Å². The van der Waals surface area contributed by atoms with Gasteiger partial charge >= 0.3 is 5.97 Å². The van der Waals surface area contributed by atoms with Gasteiger partial charge in [-0.1, -0.05) is 6.07 Å². The number of nitrogens with zero attached hydrogens (tertiary/aromatic N) is 1. The van der Waals surface area contributed by atoms with Gasteiger partial charge in [0.2, 0.25) is 0 Å². The Morgan fingerprint density at radius 1 is 1.40 bits per heavy atom. The molecule has 1 unspecified atom stereocenters. The summed E-state index contributed by atoms with van der Waals surface area (Å²) in [6.45, 7) is 1.70. The maximum absolute atomic E-state index is 11.8. The lowest BCUT2D eigenvalue weighted by Gasteiger charge is -2.13. The van der Waals surface area contributed by atoms with E-state index >= 15 is 0 Å². The van der Waals surface area contributed by atoms with Gasteiger partial charge in [-0.25, -0.2) is 18.2 Å². The molecule has 0 saturated carbocycles. The number of sulfone groups is 1. The van der Waals surface area contributed by atoms with Crippen LogP contribution in [0.3, 0.4) is 0 Å². The quantitative estimate of drug-likeness (QED) is 0.765. The van der Waals surface area contributed by atoms with E-state index in [-0.39, 0.29) is 17.9 Å². The summed E-state index contributed by atoms with van der Waals surface area (Å²) in [6.07, 6.45) is 0.821. The molecule has 0 saturated heterocycles. The number of nitrogens with one attached hydrogen (secondary N) is 1. The first-order valence-corrected chi connectivity index (χ1v) is 7.90. The average molecular weight is 300 g/mol. The molecule has 110 valence electrons. The van der Waals surface area contributed by atoms with Crippen LogP contribution in [0.1, 0.15) is 22.6 Å². The van der Waals surface area contributed by atoms with Crippen LogP contribution in [0, 0.1) is 6.92 Å². The van der Waals surface area contributed by atoms with E-state index in [0.717, 1.165) is 6.26 Å². The Labute approximate surface area is 116 Å². The van der Waals surface area contributed by atoms with E-state index in [2.05, 4.69) is 10.3 Å². The van der Waals surface area contributed by atoms with Crippen molar-refractivity contribution in [1.82, 2.24) is 10.3 Å². The van der Waals surface area contributed by atoms with Gasteiger partial charge < -0.3 is 10.4 Å². The van der Waals surface area contributed by atoms with Gasteiger partial charge in [0.05, 0.1) is 5.75 Å². The van der Waals surface area contributed by atoms with Gasteiger partial charge in [-0.3, -0.25) is 4.79 Å². The minimum atomic E-state index is -3.29. The van der Waals surface area contributed by atoms with Crippen LogP contribution < -0.4 is 5.32 Å². The molecule has 1 aromatic heterocycles. The number of carbonyl (C=O) groups is 2. The largest absolute Gasteiger partial charge is 0.480 e. The normalized spacial score (nSPS) is 12.7. The predicted molar refractivity (Wildman–Crippen MR) is 72.2 cm³/mol. The van der Waals surface area contributed by atoms with Crippen LogP contribution in [0.2, 0.25) is 0 Å². The zero-order chi connectivity index (χ0) is 15.3. The molecule has 0 spiro atoms. The fraction of sp³-hybridized carbons (Fsp3) is 0.417. The molecule has 0 bridgehead atoms. The molecule has 0 aromatic carbocycles. The Kier molecular flexibility index (Phi) is 5.20. The minimum absolute atomic E-state index is 0.0932. The highest BCUT2D eigenvalue weighted by molar-refractivity contribution is 7.90. The Balaban J connectivity index is 2.75. The van der Waals surface area contributed by atoms with Gasteiger partial charge in [-0.15, -0.1) is 0 Å². The fourth-order valence-corrected chi connectivity index (χ4v) is 2.15. The van der Waals surface area contributed by atoms with Crippen molar-refractivity contribution in [3.05, 3.63) is 29.6 Å². The number of rotatable bonds is 6. The van der Waals surface area contributed by atoms with E-state index in [9.17, 15) is 18.0 Å². The number of aromatic nitrogens is 1. The lowest BCUT2D eigenvalue weighted by Crippen LogP contribution is -2.42. The van der Waals surface area contributed by atoms with E-state index in [1.165, 1.54) is 6.07 Å². The van der Waals surface area contributed by atoms with Crippen LogP contribution in [-0.4, -0.2) is 48.4 Å². The maximum Gasteiger partial charge on any atom is 0.326 e. The molecule has 1 atom stereocenters. The molecule has 0 aliphatic rings. The molecule has 0 aliphatic carbocycles. The smallest absolute Gasteiger partial charge is 0.326 e. The third-order valence-corrected chi connectivity index (χ3v) is 3.48. The minimum Gasteiger partial charge on any atom is -0.480 e. The van der Waals surface area contributed by atoms with Crippen LogP contribution >= 0.6 is 0 Å². The number of hydrogen-bond acceptors (Lipinski definition) is 5. The number of amides is 1. The van der Waals surface area contributed by atoms with Gasteiger partial charge in [-0.2, -0.15) is 0 Å². The Hall–Kier alpha value is -1.96. The average Bonchev–Trinajstić information content (AvgIpc) is 2.32. The van der Waals surface area contributed by atoms with Gasteiger partial charge in [-0.05, 0) is 25.5 Å². The van der Waals surface area contributed by atoms with Gasteiger partial charge in [0.1, 0.15) is 21.6 Å². The maximum atomic E-state index is 11.8. The molecule has 2 N–H and O–H groups in total. The molecule has 1 aromatic rings. The number of aryl methyl sites for hydroxylation is 1. The van der Waals surface area contributed by atoms with Crippen molar-refractivity contribution in [3.8, 4) is 0 Å². The van der Waals surface area contributed by atoms with Crippen LogP contribution in [0.5, 0.6) is 0 Å². The molecule has 1 heterocycles. The first-order valence-electron chi connectivity index (χ1n) is 5.84. The first-order chi connectivity index (χ1) is 9.19. The summed E-state index contributed by atoms with van der Waals surface area (Å²) in [4.78, 5) is 26.8. The van der Waals surface area contributed by atoms with E-state index in [1.807, 2.05) is 0 Å². The highest BCUT2D eigenvalue weighted by atomic mass is 32.2. The zero-order valence-corrected chi connectivity index (χ0v) is 12.0. The van der Waals surface area contributed by atoms with E-state index in [0.29, 0.717) is 5.69 Å². The van der Waals surface area contributed by atoms with Crippen molar-refractivity contribution in [2.24, 2.45) is 0 Å². The molecule has 7 nitrogen and oxygen atoms in total. The van der Waals surface area contributed by atoms with Crippen LogP contribution in [-0.2, 0) is 14.6 Å². The van der Waals surface area contributed by atoms with Gasteiger partial charge in [0, 0.05) is 11.9 Å². The zero-order valence-electron chi connectivity index (χ0n) is 11.2. The van der Waals surface area contributed by atoms with E-state index in [1.54, 1.807) is 19.1 Å². The summed E-state index contributed by atoms with van der Waals surface area (Å²) >= 11 is 0. The summed E-state index contributed by atoms with van der Waals surface area (Å²) < 4.78 is 22.1. The van der Waals surface area contributed by atoms with Gasteiger partial charge in [0.25, 0.3) is 5.91 Å². The number of carbonyl (C=O) groups excluding carboxylic acids is 1. The number of carboxylic acids is 1. The topological polar surface area (TPSA) is 113 Å². The molecule has 20 heavy (non-hydrogen) atoms. The Morgan fingerprint density at radius 3 is 2.55 bits per heavy atom. The fourth-order valence-electron chi connectivity index (χ4n) is 1.49. The summed E-state index contributed by atoms with van der Waals surface area (Å²) in [7, 11) is -3.29. The second-order valence-electron chi connectivity index (χ2n) is 4.45. The molecule has 1 amide bonds. The Morgan fingerprint density at radius 2 is 2.05 bits per heavy atom. The SMILES string of the molecule is Cc1cccc(C(=O)NC(CCS(C)(=O)=O)C(=O)O)n1. The lowest BCUT2D eigenvalue weighted by molar-refractivity contribution is -0.139. The van der Waals surface area contributed by atoms with Crippen LogP contribution in [0.15, 0.2) is 18.2 Å². The van der Waals surface area contributed by atoms with Crippen molar-refractivity contribution in [1.29, 1.82) is 0 Å². The molecule has 8 heteroatoms. The first kappa shape index (κ1) is 16.1. The lowest BCUT2D eigenvalue weighted by atomic mass is 10.2. The second kappa shape index (κ2) is 6.47. The molecule has 0 radical (unpaired) electrons. The second-order valence-corrected chi connectivity index (χ2v) is 6.71. The van der Waals surface area contributed by atoms with E-state index < -0.39 is 27.8 Å². The van der Waals surface area contributed by atoms with Gasteiger partial charge in [0.15, 0.2) is 0 Å². The highest BCUT2D eigenvalue weighted by Crippen LogP contribution is 2.02. The van der Waals surface area contributed by atoms with Crippen molar-refractivity contribution >= 4 is 21.7 Å². The van der Waals surface area contributed by atoms with Crippen molar-refractivity contribution < 1.29 is 23.1 Å². The predicted octanol–water partition coefficient (Wildman–Crippen LogP) is 0.00772. The third-order valence-electron chi connectivity index (χ3n) is 2.50. The highest BCUT2D eigenvalue weighted by Gasteiger charge is 2.22. The molecular weight excluding hydrogens is 284 g/mol. The summed E-state index contributed by atoms with van der Waals surface area (Å²) in [5.41, 5.74) is 0.719. The number of aliphatic carboxylic acids is 1. The molecule has 0 aliphatic heterocycles. The summed E-state index contributed by atoms with van der Waals surface area (Å²) in [5.74, 6) is -2.24. The molecule has 0 fully saturated rings. The van der Waals surface area contributed by atoms with Crippen molar-refractivity contribution in [2.75, 3.05) is 12.0 Å². The monoisotopic (exact) mass is 300 g/mol. The summed E-state index contributed by atoms with van der Waals surface area (Å²) in [6, 6.07) is 3.52. The van der Waals surface area contributed by atoms with Crippen molar-refractivity contribution in [2.45, 2.75) is 19.4 Å². The summed E-state index contributed by atoms with van der Waals surface area (Å²) in [5, 5.41) is 11.3. The number of pyridine rings is 1. The number of carboxylic acid groups (broad SMARTS) is 1. The molecule has 1 rings (SSSR count). The van der Waals surface area contributed by atoms with Crippen LogP contribution in [0.4, 0.5) is 0 Å². The number of hydrogen-bond donors (Lipinski definition) is 2. The molecular formula is C12H16N2O5S.